The van der Waals surface area contributed by atoms with Crippen LogP contribution < -0.4 is 10.2 Å². The largest absolute Gasteiger partial charge is 0.347 e. The number of pyridine rings is 1. The maximum atomic E-state index is 12.7. The van der Waals surface area contributed by atoms with E-state index in [4.69, 9.17) is 4.98 Å². The van der Waals surface area contributed by atoms with Gasteiger partial charge >= 0.3 is 0 Å². The molecule has 2 aromatic heterocycles. The molecule has 1 aliphatic heterocycles. The van der Waals surface area contributed by atoms with Crippen molar-refractivity contribution in [1.29, 1.82) is 0 Å². The van der Waals surface area contributed by atoms with Crippen molar-refractivity contribution in [1.82, 2.24) is 9.97 Å². The second-order valence-electron chi connectivity index (χ2n) is 6.41. The topological polar surface area (TPSA) is 58.1 Å². The maximum absolute atomic E-state index is 12.7. The Morgan fingerprint density at radius 2 is 2.16 bits per heavy atom. The predicted molar refractivity (Wildman–Crippen MR) is 102 cm³/mol. The highest BCUT2D eigenvalue weighted by molar-refractivity contribution is 7.22. The Balaban J connectivity index is 1.48. The summed E-state index contributed by atoms with van der Waals surface area (Å²) in [5.41, 5.74) is 2.01. The molecule has 25 heavy (non-hydrogen) atoms. The molecule has 0 aliphatic carbocycles. The molecule has 1 atom stereocenters. The minimum Gasteiger partial charge on any atom is -0.347 e. The molecule has 1 amide bonds. The van der Waals surface area contributed by atoms with E-state index in [0.717, 1.165) is 35.6 Å². The average molecular weight is 352 g/mol. The Hall–Kier alpha value is -2.47. The summed E-state index contributed by atoms with van der Waals surface area (Å²) in [6, 6.07) is 12.0. The summed E-state index contributed by atoms with van der Waals surface area (Å²) in [5, 5.41) is 3.99. The number of rotatable bonds is 3. The van der Waals surface area contributed by atoms with Crippen molar-refractivity contribution < 1.29 is 4.79 Å². The smallest absolute Gasteiger partial charge is 0.230 e. The van der Waals surface area contributed by atoms with Crippen molar-refractivity contribution in [2.45, 2.75) is 19.8 Å². The van der Waals surface area contributed by atoms with Gasteiger partial charge < -0.3 is 10.2 Å². The van der Waals surface area contributed by atoms with E-state index in [2.05, 4.69) is 21.3 Å². The molecule has 0 radical (unpaired) electrons. The van der Waals surface area contributed by atoms with E-state index in [1.54, 1.807) is 17.5 Å². The van der Waals surface area contributed by atoms with Gasteiger partial charge in [-0.2, -0.15) is 0 Å². The van der Waals surface area contributed by atoms with E-state index in [1.807, 2.05) is 37.3 Å². The lowest BCUT2D eigenvalue weighted by atomic mass is 9.97. The standard InChI is InChI=1S/C19H20N4OS/c1-13-6-4-10-20-17(13)22-18(24)14-7-5-11-23(12-14)19-21-15-8-2-3-9-16(15)25-19/h2-4,6,8-10,14H,5,7,11-12H2,1H3,(H,20,22,24)/t14-/m0/s1. The molecule has 6 heteroatoms. The number of amides is 1. The first-order valence-corrected chi connectivity index (χ1v) is 9.35. The second kappa shape index (κ2) is 6.80. The molecule has 0 bridgehead atoms. The molecule has 0 spiro atoms. The van der Waals surface area contributed by atoms with Crippen molar-refractivity contribution in [2.24, 2.45) is 5.92 Å². The number of para-hydroxylation sites is 1. The Morgan fingerprint density at radius 1 is 1.28 bits per heavy atom. The van der Waals surface area contributed by atoms with Gasteiger partial charge in [0.1, 0.15) is 5.82 Å². The Bertz CT molecular complexity index is 874. The summed E-state index contributed by atoms with van der Waals surface area (Å²) in [6.07, 6.45) is 3.60. The Labute approximate surface area is 150 Å². The third-order valence-electron chi connectivity index (χ3n) is 4.60. The number of hydrogen-bond acceptors (Lipinski definition) is 5. The summed E-state index contributed by atoms with van der Waals surface area (Å²) in [5.74, 6) is 0.666. The average Bonchev–Trinajstić information content (AvgIpc) is 3.08. The Kier molecular flexibility index (Phi) is 4.36. The fraction of sp³-hybridized carbons (Fsp3) is 0.316. The maximum Gasteiger partial charge on any atom is 0.230 e. The van der Waals surface area contributed by atoms with Gasteiger partial charge in [-0.05, 0) is 43.5 Å². The van der Waals surface area contributed by atoms with Crippen molar-refractivity contribution in [3.8, 4) is 0 Å². The van der Waals surface area contributed by atoms with Gasteiger partial charge in [-0.3, -0.25) is 4.79 Å². The quantitative estimate of drug-likeness (QED) is 0.778. The highest BCUT2D eigenvalue weighted by atomic mass is 32.1. The summed E-state index contributed by atoms with van der Waals surface area (Å²) in [4.78, 5) is 23.9. The molecule has 3 aromatic rings. The van der Waals surface area contributed by atoms with E-state index in [9.17, 15) is 4.79 Å². The number of thiazole rings is 1. The van der Waals surface area contributed by atoms with Crippen molar-refractivity contribution >= 4 is 38.4 Å². The van der Waals surface area contributed by atoms with Crippen molar-refractivity contribution in [3.05, 3.63) is 48.2 Å². The third kappa shape index (κ3) is 3.35. The molecular weight excluding hydrogens is 332 g/mol. The van der Waals surface area contributed by atoms with Crippen LogP contribution in [0.15, 0.2) is 42.6 Å². The zero-order chi connectivity index (χ0) is 17.2. The molecule has 1 saturated heterocycles. The molecule has 128 valence electrons. The van der Waals surface area contributed by atoms with Crippen LogP contribution >= 0.6 is 11.3 Å². The molecule has 5 nitrogen and oxygen atoms in total. The molecule has 4 rings (SSSR count). The minimum atomic E-state index is -0.0397. The normalized spacial score (nSPS) is 17.6. The van der Waals surface area contributed by atoms with Crippen LogP contribution in [0, 0.1) is 12.8 Å². The lowest BCUT2D eigenvalue weighted by Crippen LogP contribution is -2.40. The minimum absolute atomic E-state index is 0.0397. The van der Waals surface area contributed by atoms with Crippen molar-refractivity contribution in [3.63, 3.8) is 0 Å². The summed E-state index contributed by atoms with van der Waals surface area (Å²) in [7, 11) is 0. The van der Waals surface area contributed by atoms with Crippen LogP contribution in [0.25, 0.3) is 10.2 Å². The molecule has 1 N–H and O–H groups in total. The SMILES string of the molecule is Cc1cccnc1NC(=O)[C@H]1CCCN(c2nc3ccccc3s2)C1. The zero-order valence-electron chi connectivity index (χ0n) is 14.1. The first kappa shape index (κ1) is 16.0. The molecule has 1 fully saturated rings. The number of benzene rings is 1. The molecular formula is C19H20N4OS. The number of anilines is 2. The number of carbonyl (C=O) groups excluding carboxylic acids is 1. The number of aromatic nitrogens is 2. The number of piperidine rings is 1. The first-order valence-electron chi connectivity index (χ1n) is 8.54. The van der Waals surface area contributed by atoms with Crippen LogP contribution in [0.1, 0.15) is 18.4 Å². The fourth-order valence-corrected chi connectivity index (χ4v) is 4.20. The van der Waals surface area contributed by atoms with E-state index in [0.29, 0.717) is 12.4 Å². The van der Waals surface area contributed by atoms with Crippen molar-refractivity contribution in [2.75, 3.05) is 23.3 Å². The van der Waals surface area contributed by atoms with Crippen LogP contribution in [-0.2, 0) is 4.79 Å². The third-order valence-corrected chi connectivity index (χ3v) is 5.69. The monoisotopic (exact) mass is 352 g/mol. The van der Waals surface area contributed by atoms with E-state index >= 15 is 0 Å². The molecule has 1 aromatic carbocycles. The van der Waals surface area contributed by atoms with Crippen LogP contribution in [0.3, 0.4) is 0 Å². The molecule has 3 heterocycles. The van der Waals surface area contributed by atoms with Gasteiger partial charge in [-0.15, -0.1) is 0 Å². The molecule has 0 unspecified atom stereocenters. The van der Waals surface area contributed by atoms with Crippen LogP contribution in [-0.4, -0.2) is 29.0 Å². The fourth-order valence-electron chi connectivity index (χ4n) is 3.20. The number of fused-ring (bicyclic) bond motifs is 1. The number of nitrogens with one attached hydrogen (secondary N) is 1. The molecule has 1 aliphatic rings. The second-order valence-corrected chi connectivity index (χ2v) is 7.42. The summed E-state index contributed by atoms with van der Waals surface area (Å²) < 4.78 is 1.19. The Morgan fingerprint density at radius 3 is 3.00 bits per heavy atom. The number of nitrogens with zero attached hydrogens (tertiary/aromatic N) is 3. The lowest BCUT2D eigenvalue weighted by Gasteiger charge is -2.31. The van der Waals surface area contributed by atoms with Gasteiger partial charge in [-0.25, -0.2) is 9.97 Å². The van der Waals surface area contributed by atoms with E-state index < -0.39 is 0 Å². The molecule has 0 saturated carbocycles. The van der Waals surface area contributed by atoms with Gasteiger partial charge in [0.15, 0.2) is 5.13 Å². The highest BCUT2D eigenvalue weighted by Crippen LogP contribution is 2.31. The zero-order valence-corrected chi connectivity index (χ0v) is 14.9. The number of carbonyl (C=O) groups is 1. The first-order chi connectivity index (χ1) is 12.2. The van der Waals surface area contributed by atoms with Gasteiger partial charge in [-0.1, -0.05) is 29.5 Å². The summed E-state index contributed by atoms with van der Waals surface area (Å²) in [6.45, 7) is 3.61. The van der Waals surface area contributed by atoms with Gasteiger partial charge in [0.2, 0.25) is 5.91 Å². The highest BCUT2D eigenvalue weighted by Gasteiger charge is 2.27. The van der Waals surface area contributed by atoms with E-state index in [1.165, 1.54) is 4.70 Å². The van der Waals surface area contributed by atoms with Crippen LogP contribution in [0.2, 0.25) is 0 Å². The van der Waals surface area contributed by atoms with E-state index in [-0.39, 0.29) is 11.8 Å². The lowest BCUT2D eigenvalue weighted by molar-refractivity contribution is -0.120. The van der Waals surface area contributed by atoms with Crippen LogP contribution in [0.4, 0.5) is 10.9 Å². The predicted octanol–water partition coefficient (Wildman–Crippen LogP) is 3.85. The number of aryl methyl sites for hydroxylation is 1. The summed E-state index contributed by atoms with van der Waals surface area (Å²) >= 11 is 1.69. The van der Waals surface area contributed by atoms with Crippen LogP contribution in [0.5, 0.6) is 0 Å². The number of hydrogen-bond donors (Lipinski definition) is 1. The van der Waals surface area contributed by atoms with Gasteiger partial charge in [0.05, 0.1) is 16.1 Å². The van der Waals surface area contributed by atoms with Gasteiger partial charge in [0.25, 0.3) is 0 Å². The van der Waals surface area contributed by atoms with Gasteiger partial charge in [0, 0.05) is 19.3 Å².